The lowest BCUT2D eigenvalue weighted by atomic mass is 9.48. The van der Waals surface area contributed by atoms with Gasteiger partial charge in [-0.15, -0.1) is 10.2 Å². The highest BCUT2D eigenvalue weighted by Gasteiger charge is 2.55. The molecule has 0 N–H and O–H groups in total. The number of ether oxygens (including phenoxy) is 1. The first-order valence-electron chi connectivity index (χ1n) is 13.0. The number of aromatic nitrogens is 3. The summed E-state index contributed by atoms with van der Waals surface area (Å²) < 4.78 is 8.09. The Balaban J connectivity index is 1.22. The lowest BCUT2D eigenvalue weighted by molar-refractivity contribution is -0.143. The molecule has 7 rings (SSSR count). The Bertz CT molecular complexity index is 1190. The van der Waals surface area contributed by atoms with Crippen molar-refractivity contribution < 1.29 is 9.53 Å². The van der Waals surface area contributed by atoms with Crippen molar-refractivity contribution in [3.8, 4) is 5.75 Å². The molecule has 0 amide bonds. The Morgan fingerprint density at radius 2 is 1.67 bits per heavy atom. The molecule has 5 nitrogen and oxygen atoms in total. The van der Waals surface area contributed by atoms with Crippen molar-refractivity contribution in [2.24, 2.45) is 23.2 Å². The van der Waals surface area contributed by atoms with E-state index < -0.39 is 0 Å². The summed E-state index contributed by atoms with van der Waals surface area (Å²) in [5.74, 6) is 4.18. The van der Waals surface area contributed by atoms with E-state index in [-0.39, 0.29) is 10.7 Å². The predicted molar refractivity (Wildman–Crippen MR) is 142 cm³/mol. The van der Waals surface area contributed by atoms with Gasteiger partial charge in [-0.3, -0.25) is 9.36 Å². The zero-order valence-electron chi connectivity index (χ0n) is 20.6. The van der Waals surface area contributed by atoms with E-state index in [0.29, 0.717) is 24.0 Å². The molecule has 1 heterocycles. The van der Waals surface area contributed by atoms with Crippen LogP contribution < -0.4 is 4.74 Å². The van der Waals surface area contributed by atoms with Gasteiger partial charge < -0.3 is 4.74 Å². The number of Topliss-reactive ketones (excluding diaryl/α,β-unsaturated/α-hetero) is 1. The van der Waals surface area contributed by atoms with E-state index in [1.54, 1.807) is 11.8 Å². The van der Waals surface area contributed by atoms with E-state index in [1.165, 1.54) is 19.3 Å². The van der Waals surface area contributed by atoms with Gasteiger partial charge in [-0.2, -0.15) is 0 Å². The average Bonchev–Trinajstić information content (AvgIpc) is 3.23. The number of nitrogens with zero attached hydrogens (tertiary/aromatic N) is 3. The van der Waals surface area contributed by atoms with Gasteiger partial charge in [0, 0.05) is 10.4 Å². The summed E-state index contributed by atoms with van der Waals surface area (Å²) in [5.41, 5.74) is 1.05. The van der Waals surface area contributed by atoms with Gasteiger partial charge in [0.05, 0.1) is 11.8 Å². The fourth-order valence-electron chi connectivity index (χ4n) is 7.17. The molecule has 3 aromatic rings. The molecule has 1 aromatic heterocycles. The van der Waals surface area contributed by atoms with E-state index in [2.05, 4.69) is 33.8 Å². The van der Waals surface area contributed by atoms with E-state index >= 15 is 0 Å². The maximum atomic E-state index is 13.9. The zero-order chi connectivity index (χ0) is 24.7. The molecular weight excluding hydrogens is 490 g/mol. The topological polar surface area (TPSA) is 57.0 Å². The molecule has 4 saturated carbocycles. The third-order valence-electron chi connectivity index (χ3n) is 8.37. The van der Waals surface area contributed by atoms with Gasteiger partial charge in [0.25, 0.3) is 0 Å². The molecular formula is C29H32ClN3O2S. The normalized spacial score (nSPS) is 27.2. The largest absolute Gasteiger partial charge is 0.486 e. The molecule has 188 valence electrons. The van der Waals surface area contributed by atoms with Crippen LogP contribution in [0.2, 0.25) is 5.02 Å². The van der Waals surface area contributed by atoms with Crippen LogP contribution in [0.5, 0.6) is 5.75 Å². The molecule has 36 heavy (non-hydrogen) atoms. The van der Waals surface area contributed by atoms with Gasteiger partial charge in [-0.1, -0.05) is 53.7 Å². The second-order valence-corrected chi connectivity index (χ2v) is 12.8. The molecule has 0 saturated heterocycles. The van der Waals surface area contributed by atoms with Crippen LogP contribution >= 0.6 is 23.4 Å². The monoisotopic (exact) mass is 521 g/mol. The number of halogens is 1. The summed E-state index contributed by atoms with van der Waals surface area (Å²) in [4.78, 5) is 13.9. The number of carbonyl (C=O) groups excluding carboxylic acids is 1. The first-order chi connectivity index (χ1) is 17.5. The number of thioether (sulfide) groups is 1. The van der Waals surface area contributed by atoms with Crippen LogP contribution in [0.25, 0.3) is 0 Å². The maximum Gasteiger partial charge on any atom is 0.192 e. The molecule has 7 heteroatoms. The lowest BCUT2D eigenvalue weighted by Gasteiger charge is -2.56. The SMILES string of the molecule is CC(Sc1nnc(COc2ccc(Cl)cc2)n1Cc1ccccc1)C(=O)C12CC3CC(CC(C3)C1)C2. The van der Waals surface area contributed by atoms with Crippen LogP contribution in [0, 0.1) is 23.2 Å². The third-order valence-corrected chi connectivity index (χ3v) is 9.70. The molecule has 2 aromatic carbocycles. The molecule has 0 aliphatic heterocycles. The number of ketones is 1. The van der Waals surface area contributed by atoms with Crippen molar-refractivity contribution in [2.75, 3.05) is 0 Å². The highest BCUT2D eigenvalue weighted by atomic mass is 35.5. The van der Waals surface area contributed by atoms with Crippen molar-refractivity contribution in [1.29, 1.82) is 0 Å². The van der Waals surface area contributed by atoms with E-state index in [1.807, 2.05) is 42.5 Å². The fourth-order valence-corrected chi connectivity index (χ4v) is 8.36. The van der Waals surface area contributed by atoms with Gasteiger partial charge in [0.15, 0.2) is 16.8 Å². The van der Waals surface area contributed by atoms with Gasteiger partial charge in [-0.05, 0) is 93.0 Å². The summed E-state index contributed by atoms with van der Waals surface area (Å²) in [6, 6.07) is 17.6. The number of hydrogen-bond donors (Lipinski definition) is 0. The summed E-state index contributed by atoms with van der Waals surface area (Å²) in [6.45, 7) is 2.99. The molecule has 1 unspecified atom stereocenters. The van der Waals surface area contributed by atoms with Crippen molar-refractivity contribution >= 4 is 29.1 Å². The lowest BCUT2D eigenvalue weighted by Crippen LogP contribution is -2.51. The van der Waals surface area contributed by atoms with Crippen LogP contribution in [0.1, 0.15) is 56.8 Å². The van der Waals surface area contributed by atoms with Gasteiger partial charge in [-0.25, -0.2) is 0 Å². The summed E-state index contributed by atoms with van der Waals surface area (Å²) >= 11 is 7.57. The van der Waals surface area contributed by atoms with Crippen LogP contribution in [-0.4, -0.2) is 25.8 Å². The first kappa shape index (κ1) is 24.1. The van der Waals surface area contributed by atoms with Crippen molar-refractivity contribution in [2.45, 2.75) is 69.0 Å². The summed E-state index contributed by atoms with van der Waals surface area (Å²) in [7, 11) is 0. The van der Waals surface area contributed by atoms with Gasteiger partial charge in [0.2, 0.25) is 0 Å². The van der Waals surface area contributed by atoms with Crippen molar-refractivity contribution in [3.63, 3.8) is 0 Å². The third kappa shape index (κ3) is 4.82. The number of hydrogen-bond acceptors (Lipinski definition) is 5. The summed E-state index contributed by atoms with van der Waals surface area (Å²) in [5, 5.41) is 10.3. The highest BCUT2D eigenvalue weighted by molar-refractivity contribution is 8.00. The van der Waals surface area contributed by atoms with E-state index in [0.717, 1.165) is 59.3 Å². The number of rotatable bonds is 9. The number of carbonyl (C=O) groups is 1. The zero-order valence-corrected chi connectivity index (χ0v) is 22.2. The second kappa shape index (κ2) is 9.86. The maximum absolute atomic E-state index is 13.9. The van der Waals surface area contributed by atoms with Crippen LogP contribution in [-0.2, 0) is 17.9 Å². The predicted octanol–water partition coefficient (Wildman–Crippen LogP) is 6.82. The average molecular weight is 522 g/mol. The highest BCUT2D eigenvalue weighted by Crippen LogP contribution is 2.61. The first-order valence-corrected chi connectivity index (χ1v) is 14.3. The summed E-state index contributed by atoms with van der Waals surface area (Å²) in [6.07, 6.45) is 7.32. The Hall–Kier alpha value is -2.31. The van der Waals surface area contributed by atoms with E-state index in [4.69, 9.17) is 16.3 Å². The Morgan fingerprint density at radius 1 is 1.03 bits per heavy atom. The molecule has 4 aliphatic rings. The Kier molecular flexibility index (Phi) is 6.59. The minimum atomic E-state index is -0.148. The quantitative estimate of drug-likeness (QED) is 0.289. The van der Waals surface area contributed by atoms with Crippen LogP contribution in [0.15, 0.2) is 59.8 Å². The Labute approximate surface area is 222 Å². The molecule has 0 spiro atoms. The smallest absolute Gasteiger partial charge is 0.192 e. The molecule has 4 bridgehead atoms. The minimum absolute atomic E-state index is 0.105. The second-order valence-electron chi connectivity index (χ2n) is 11.0. The minimum Gasteiger partial charge on any atom is -0.486 e. The Morgan fingerprint density at radius 3 is 2.31 bits per heavy atom. The molecule has 4 aliphatic carbocycles. The van der Waals surface area contributed by atoms with Crippen LogP contribution in [0.3, 0.4) is 0 Å². The number of benzene rings is 2. The van der Waals surface area contributed by atoms with Crippen molar-refractivity contribution in [3.05, 3.63) is 71.0 Å². The molecule has 1 atom stereocenters. The molecule has 0 radical (unpaired) electrons. The van der Waals surface area contributed by atoms with Crippen molar-refractivity contribution in [1.82, 2.24) is 14.8 Å². The van der Waals surface area contributed by atoms with E-state index in [9.17, 15) is 4.79 Å². The standard InChI is InChI=1S/C29H32ClN3O2S/c1-19(27(34)29-14-21-11-22(15-29)13-23(12-21)16-29)36-28-32-31-26(18-35-25-9-7-24(30)8-10-25)33(28)17-20-5-3-2-4-6-20/h2-10,19,21-23H,11-18H2,1H3. The van der Waals surface area contributed by atoms with Crippen LogP contribution in [0.4, 0.5) is 0 Å². The van der Waals surface area contributed by atoms with Gasteiger partial charge >= 0.3 is 0 Å². The molecule has 4 fully saturated rings. The fraction of sp³-hybridized carbons (Fsp3) is 0.483. The van der Waals surface area contributed by atoms with Gasteiger partial charge in [0.1, 0.15) is 12.4 Å².